The van der Waals surface area contributed by atoms with Crippen LogP contribution in [0.4, 0.5) is 0 Å². The largest absolute Gasteiger partial charge is 0.276 e. The number of para-hydroxylation sites is 2. The fourth-order valence-electron chi connectivity index (χ4n) is 5.85. The molecule has 0 saturated heterocycles. The van der Waals surface area contributed by atoms with Crippen LogP contribution in [-0.2, 0) is 0 Å². The standard InChI is InChI=1S/C36H23N3/c1-2-10-28-24(9-1)18-21-27-23-31(29-11-3-4-12-30(29)35(27)28)25-16-19-26(20-17-25)36-38-32-13-5-6-14-33(32)39(36)34-15-7-8-22-37-34/h1-23H. The number of benzene rings is 6. The van der Waals surface area contributed by atoms with Crippen LogP contribution in [-0.4, -0.2) is 14.5 Å². The second-order valence-corrected chi connectivity index (χ2v) is 9.88. The minimum atomic E-state index is 0.859. The zero-order valence-corrected chi connectivity index (χ0v) is 21.1. The lowest BCUT2D eigenvalue weighted by atomic mass is 9.90. The highest BCUT2D eigenvalue weighted by Crippen LogP contribution is 2.39. The normalized spacial score (nSPS) is 11.6. The molecule has 0 aliphatic rings. The molecule has 3 heteroatoms. The van der Waals surface area contributed by atoms with E-state index in [4.69, 9.17) is 4.98 Å². The van der Waals surface area contributed by atoms with Crippen LogP contribution < -0.4 is 0 Å². The summed E-state index contributed by atoms with van der Waals surface area (Å²) in [7, 11) is 0. The van der Waals surface area contributed by atoms with Gasteiger partial charge < -0.3 is 0 Å². The first-order valence-electron chi connectivity index (χ1n) is 13.2. The van der Waals surface area contributed by atoms with Crippen molar-refractivity contribution in [3.8, 4) is 28.3 Å². The average molecular weight is 498 g/mol. The number of hydrogen-bond donors (Lipinski definition) is 0. The topological polar surface area (TPSA) is 30.7 Å². The Morgan fingerprint density at radius 3 is 2.05 bits per heavy atom. The van der Waals surface area contributed by atoms with Gasteiger partial charge >= 0.3 is 0 Å². The number of aromatic nitrogens is 3. The Morgan fingerprint density at radius 1 is 0.513 bits per heavy atom. The molecule has 0 saturated carbocycles. The van der Waals surface area contributed by atoms with Crippen molar-refractivity contribution in [2.45, 2.75) is 0 Å². The predicted molar refractivity (Wildman–Crippen MR) is 162 cm³/mol. The molecule has 2 aromatic heterocycles. The Morgan fingerprint density at radius 2 is 1.21 bits per heavy atom. The molecule has 0 atom stereocenters. The zero-order chi connectivity index (χ0) is 25.8. The minimum Gasteiger partial charge on any atom is -0.276 e. The van der Waals surface area contributed by atoms with Crippen molar-refractivity contribution < 1.29 is 0 Å². The second kappa shape index (κ2) is 8.64. The number of fused-ring (bicyclic) bond motifs is 6. The quantitative estimate of drug-likeness (QED) is 0.228. The Balaban J connectivity index is 1.31. The molecule has 0 unspecified atom stereocenters. The molecule has 0 bridgehead atoms. The Kier molecular flexibility index (Phi) is 4.82. The van der Waals surface area contributed by atoms with E-state index in [1.807, 2.05) is 36.5 Å². The van der Waals surface area contributed by atoms with Gasteiger partial charge in [-0.1, -0.05) is 103 Å². The van der Waals surface area contributed by atoms with Gasteiger partial charge in [-0.2, -0.15) is 0 Å². The van der Waals surface area contributed by atoms with Crippen LogP contribution in [0, 0.1) is 0 Å². The van der Waals surface area contributed by atoms with Crippen molar-refractivity contribution in [1.82, 2.24) is 14.5 Å². The number of rotatable bonds is 3. The highest BCUT2D eigenvalue weighted by Gasteiger charge is 2.16. The lowest BCUT2D eigenvalue weighted by molar-refractivity contribution is 1.03. The van der Waals surface area contributed by atoms with Gasteiger partial charge in [-0.25, -0.2) is 9.97 Å². The van der Waals surface area contributed by atoms with Gasteiger partial charge in [0.25, 0.3) is 0 Å². The van der Waals surface area contributed by atoms with Gasteiger partial charge in [-0.3, -0.25) is 4.57 Å². The summed E-state index contributed by atoms with van der Waals surface area (Å²) in [4.78, 5) is 9.63. The SMILES string of the molecule is c1ccc(-n2c(-c3ccc(-c4cc5ccc6ccccc6c5c5ccccc45)cc3)nc3ccccc32)nc1. The lowest BCUT2D eigenvalue weighted by Gasteiger charge is -2.14. The van der Waals surface area contributed by atoms with Crippen molar-refractivity contribution in [3.05, 3.63) is 140 Å². The molecule has 2 heterocycles. The van der Waals surface area contributed by atoms with Gasteiger partial charge in [0.1, 0.15) is 11.6 Å². The van der Waals surface area contributed by atoms with Crippen LogP contribution in [0.15, 0.2) is 140 Å². The third-order valence-electron chi connectivity index (χ3n) is 7.64. The fourth-order valence-corrected chi connectivity index (χ4v) is 5.85. The molecule has 39 heavy (non-hydrogen) atoms. The van der Waals surface area contributed by atoms with Crippen LogP contribution in [0.2, 0.25) is 0 Å². The third-order valence-corrected chi connectivity index (χ3v) is 7.64. The first kappa shape index (κ1) is 21.8. The van der Waals surface area contributed by atoms with E-state index in [0.29, 0.717) is 0 Å². The van der Waals surface area contributed by atoms with E-state index in [1.165, 1.54) is 43.4 Å². The molecule has 0 radical (unpaired) electrons. The van der Waals surface area contributed by atoms with Crippen molar-refractivity contribution in [3.63, 3.8) is 0 Å². The molecule has 8 rings (SSSR count). The van der Waals surface area contributed by atoms with Crippen molar-refractivity contribution in [1.29, 1.82) is 0 Å². The summed E-state index contributed by atoms with van der Waals surface area (Å²) in [6.07, 6.45) is 1.82. The van der Waals surface area contributed by atoms with Gasteiger partial charge in [0, 0.05) is 11.8 Å². The Hall–Kier alpha value is -5.28. The highest BCUT2D eigenvalue weighted by molar-refractivity contribution is 6.23. The molecular weight excluding hydrogens is 474 g/mol. The number of hydrogen-bond acceptors (Lipinski definition) is 2. The van der Waals surface area contributed by atoms with E-state index in [9.17, 15) is 0 Å². The minimum absolute atomic E-state index is 0.859. The first-order chi connectivity index (χ1) is 19.3. The molecular formula is C36H23N3. The van der Waals surface area contributed by atoms with Crippen LogP contribution in [0.5, 0.6) is 0 Å². The summed E-state index contributed by atoms with van der Waals surface area (Å²) in [5.74, 6) is 1.74. The highest BCUT2D eigenvalue weighted by atomic mass is 15.1. The van der Waals surface area contributed by atoms with E-state index in [0.717, 1.165) is 28.2 Å². The molecule has 0 N–H and O–H groups in total. The maximum absolute atomic E-state index is 5.00. The van der Waals surface area contributed by atoms with E-state index in [1.54, 1.807) is 0 Å². The van der Waals surface area contributed by atoms with E-state index < -0.39 is 0 Å². The van der Waals surface area contributed by atoms with E-state index in [-0.39, 0.29) is 0 Å². The van der Waals surface area contributed by atoms with Crippen LogP contribution in [0.3, 0.4) is 0 Å². The first-order valence-corrected chi connectivity index (χ1v) is 13.2. The van der Waals surface area contributed by atoms with Crippen LogP contribution in [0.1, 0.15) is 0 Å². The zero-order valence-electron chi connectivity index (χ0n) is 21.1. The van der Waals surface area contributed by atoms with Gasteiger partial charge in [-0.05, 0) is 73.8 Å². The predicted octanol–water partition coefficient (Wildman–Crippen LogP) is 9.21. The van der Waals surface area contributed by atoms with E-state index in [2.05, 4.69) is 113 Å². The monoisotopic (exact) mass is 497 g/mol. The molecule has 0 aliphatic carbocycles. The maximum Gasteiger partial charge on any atom is 0.146 e. The van der Waals surface area contributed by atoms with Crippen molar-refractivity contribution >= 4 is 43.4 Å². The van der Waals surface area contributed by atoms with Crippen molar-refractivity contribution in [2.75, 3.05) is 0 Å². The molecule has 0 fully saturated rings. The summed E-state index contributed by atoms with van der Waals surface area (Å²) < 4.78 is 2.14. The lowest BCUT2D eigenvalue weighted by Crippen LogP contribution is -1.99. The summed E-state index contributed by atoms with van der Waals surface area (Å²) in [6.45, 7) is 0. The molecule has 8 aromatic rings. The molecule has 0 spiro atoms. The van der Waals surface area contributed by atoms with E-state index >= 15 is 0 Å². The maximum atomic E-state index is 5.00. The number of nitrogens with zero attached hydrogens (tertiary/aromatic N) is 3. The Labute approximate surface area is 225 Å². The van der Waals surface area contributed by atoms with Gasteiger partial charge in [0.15, 0.2) is 0 Å². The van der Waals surface area contributed by atoms with Crippen LogP contribution >= 0.6 is 0 Å². The van der Waals surface area contributed by atoms with Gasteiger partial charge in [0.05, 0.1) is 11.0 Å². The molecule has 6 aromatic carbocycles. The molecule has 182 valence electrons. The molecule has 0 aliphatic heterocycles. The number of imidazole rings is 1. The average Bonchev–Trinajstić information content (AvgIpc) is 3.40. The smallest absolute Gasteiger partial charge is 0.146 e. The van der Waals surface area contributed by atoms with Crippen molar-refractivity contribution in [2.24, 2.45) is 0 Å². The summed E-state index contributed by atoms with van der Waals surface area (Å²) in [5.41, 5.74) is 5.47. The summed E-state index contributed by atoms with van der Waals surface area (Å²) in [6, 6.07) is 47.2. The number of pyridine rings is 1. The molecule has 0 amide bonds. The van der Waals surface area contributed by atoms with Gasteiger partial charge in [0.2, 0.25) is 0 Å². The fraction of sp³-hybridized carbons (Fsp3) is 0. The third kappa shape index (κ3) is 3.44. The van der Waals surface area contributed by atoms with Crippen LogP contribution in [0.25, 0.3) is 71.7 Å². The van der Waals surface area contributed by atoms with Gasteiger partial charge in [-0.15, -0.1) is 0 Å². The molecule has 3 nitrogen and oxygen atoms in total. The summed E-state index contributed by atoms with van der Waals surface area (Å²) in [5, 5.41) is 7.67. The summed E-state index contributed by atoms with van der Waals surface area (Å²) >= 11 is 0. The second-order valence-electron chi connectivity index (χ2n) is 9.88. The Bertz CT molecular complexity index is 2160.